The average Bonchev–Trinajstić information content (AvgIpc) is 3.15. The van der Waals surface area contributed by atoms with Crippen LogP contribution in [-0.4, -0.2) is 23.3 Å². The minimum atomic E-state index is -2.05. The molecule has 124 valence electrons. The molecule has 1 aromatic carbocycles. The lowest BCUT2D eigenvalue weighted by atomic mass is 9.93. The van der Waals surface area contributed by atoms with Gasteiger partial charge in [0.05, 0.1) is 5.56 Å². The molecule has 0 saturated heterocycles. The van der Waals surface area contributed by atoms with Gasteiger partial charge in [-0.15, -0.1) is 0 Å². The van der Waals surface area contributed by atoms with Crippen LogP contribution in [0.3, 0.4) is 0 Å². The molecule has 3 rings (SSSR count). The minimum absolute atomic E-state index is 0.132. The molecule has 2 fully saturated rings. The van der Waals surface area contributed by atoms with Gasteiger partial charge in [0.1, 0.15) is 0 Å². The Labute approximate surface area is 130 Å². The van der Waals surface area contributed by atoms with Crippen molar-refractivity contribution in [3.63, 3.8) is 0 Å². The predicted octanol–water partition coefficient (Wildman–Crippen LogP) is 3.34. The number of nitrogens with zero attached hydrogens (tertiary/aromatic N) is 1. The molecule has 0 radical (unpaired) electrons. The standard InChI is InChI=1S/C16H15F4NO2/c1-7-11(13(18)15(20)14(19)12(7)17)16(23)21(6-22)10-5-8-2-3-9(10)4-8/h6,8-10H,2-5H2,1H3/t8-,9?,10?/m1/s1. The summed E-state index contributed by atoms with van der Waals surface area (Å²) in [5.41, 5.74) is -1.56. The van der Waals surface area contributed by atoms with E-state index in [2.05, 4.69) is 0 Å². The third-order valence-corrected chi connectivity index (χ3v) is 5.12. The number of halogens is 4. The summed E-state index contributed by atoms with van der Waals surface area (Å²) >= 11 is 0. The lowest BCUT2D eigenvalue weighted by Crippen LogP contribution is -2.43. The van der Waals surface area contributed by atoms with Gasteiger partial charge in [0.2, 0.25) is 6.41 Å². The predicted molar refractivity (Wildman–Crippen MR) is 72.5 cm³/mol. The molecule has 2 unspecified atom stereocenters. The van der Waals surface area contributed by atoms with Crippen LogP contribution in [0.2, 0.25) is 0 Å². The summed E-state index contributed by atoms with van der Waals surface area (Å²) in [5, 5.41) is 0. The molecule has 1 aromatic rings. The number of carbonyl (C=O) groups is 2. The second kappa shape index (κ2) is 5.62. The first-order chi connectivity index (χ1) is 10.9. The number of amides is 2. The van der Waals surface area contributed by atoms with E-state index in [0.717, 1.165) is 31.1 Å². The SMILES string of the molecule is Cc1c(F)c(F)c(F)c(F)c1C(=O)N(C=O)C1C[C@@H]2CCC1C2. The van der Waals surface area contributed by atoms with E-state index in [0.29, 0.717) is 12.3 Å². The van der Waals surface area contributed by atoms with Crippen molar-refractivity contribution in [1.82, 2.24) is 4.90 Å². The van der Waals surface area contributed by atoms with Gasteiger partial charge in [-0.05, 0) is 38.0 Å². The Balaban J connectivity index is 2.01. The maximum Gasteiger partial charge on any atom is 0.263 e. The number of hydrogen-bond donors (Lipinski definition) is 0. The topological polar surface area (TPSA) is 37.4 Å². The van der Waals surface area contributed by atoms with Crippen LogP contribution in [0.1, 0.15) is 41.6 Å². The quantitative estimate of drug-likeness (QED) is 0.369. The highest BCUT2D eigenvalue weighted by atomic mass is 19.2. The van der Waals surface area contributed by atoms with E-state index < -0.39 is 46.3 Å². The fraction of sp³-hybridized carbons (Fsp3) is 0.500. The first kappa shape index (κ1) is 16.0. The van der Waals surface area contributed by atoms with Gasteiger partial charge in [0, 0.05) is 11.6 Å². The van der Waals surface area contributed by atoms with E-state index in [1.54, 1.807) is 0 Å². The molecule has 0 aliphatic heterocycles. The molecule has 0 spiro atoms. The summed E-state index contributed by atoms with van der Waals surface area (Å²) < 4.78 is 54.3. The molecular weight excluding hydrogens is 314 g/mol. The minimum Gasteiger partial charge on any atom is -0.278 e. The van der Waals surface area contributed by atoms with Crippen molar-refractivity contribution in [2.24, 2.45) is 11.8 Å². The van der Waals surface area contributed by atoms with E-state index in [-0.39, 0.29) is 12.3 Å². The van der Waals surface area contributed by atoms with Crippen molar-refractivity contribution in [2.75, 3.05) is 0 Å². The second-order valence-corrected chi connectivity index (χ2v) is 6.32. The maximum absolute atomic E-state index is 14.0. The van der Waals surface area contributed by atoms with Gasteiger partial charge in [0.15, 0.2) is 23.3 Å². The summed E-state index contributed by atoms with van der Waals surface area (Å²) in [6.07, 6.45) is 3.65. The summed E-state index contributed by atoms with van der Waals surface area (Å²) in [4.78, 5) is 24.7. The van der Waals surface area contributed by atoms with Gasteiger partial charge in [-0.3, -0.25) is 14.5 Å². The van der Waals surface area contributed by atoms with Crippen LogP contribution in [0.15, 0.2) is 0 Å². The fourth-order valence-corrected chi connectivity index (χ4v) is 3.95. The molecule has 0 N–H and O–H groups in total. The van der Waals surface area contributed by atoms with E-state index in [4.69, 9.17) is 0 Å². The molecule has 0 heterocycles. The molecule has 2 aliphatic carbocycles. The summed E-state index contributed by atoms with van der Waals surface area (Å²) in [7, 11) is 0. The van der Waals surface area contributed by atoms with Gasteiger partial charge in [-0.1, -0.05) is 6.42 Å². The Kier molecular flexibility index (Phi) is 3.90. The monoisotopic (exact) mass is 329 g/mol. The molecule has 2 saturated carbocycles. The van der Waals surface area contributed by atoms with Crippen molar-refractivity contribution in [1.29, 1.82) is 0 Å². The van der Waals surface area contributed by atoms with Crippen molar-refractivity contribution in [2.45, 2.75) is 38.6 Å². The molecule has 2 bridgehead atoms. The highest BCUT2D eigenvalue weighted by Gasteiger charge is 2.45. The molecular formula is C16H15F4NO2. The van der Waals surface area contributed by atoms with Crippen LogP contribution >= 0.6 is 0 Å². The summed E-state index contributed by atoms with van der Waals surface area (Å²) in [5.74, 6) is -7.97. The average molecular weight is 329 g/mol. The third-order valence-electron chi connectivity index (χ3n) is 5.12. The number of hydrogen-bond acceptors (Lipinski definition) is 2. The van der Waals surface area contributed by atoms with Crippen LogP contribution in [-0.2, 0) is 4.79 Å². The van der Waals surface area contributed by atoms with Crippen molar-refractivity contribution in [3.05, 3.63) is 34.4 Å². The largest absolute Gasteiger partial charge is 0.278 e. The van der Waals surface area contributed by atoms with Gasteiger partial charge < -0.3 is 0 Å². The van der Waals surface area contributed by atoms with Crippen LogP contribution in [0.25, 0.3) is 0 Å². The lowest BCUT2D eigenvalue weighted by Gasteiger charge is -2.30. The Morgan fingerprint density at radius 1 is 1.04 bits per heavy atom. The van der Waals surface area contributed by atoms with Crippen LogP contribution in [0.5, 0.6) is 0 Å². The van der Waals surface area contributed by atoms with Gasteiger partial charge in [-0.2, -0.15) is 0 Å². The van der Waals surface area contributed by atoms with Crippen LogP contribution in [0.4, 0.5) is 17.6 Å². The van der Waals surface area contributed by atoms with Crippen molar-refractivity contribution >= 4 is 12.3 Å². The molecule has 7 heteroatoms. The summed E-state index contributed by atoms with van der Waals surface area (Å²) in [6, 6.07) is -0.395. The Morgan fingerprint density at radius 2 is 1.70 bits per heavy atom. The first-order valence-electron chi connectivity index (χ1n) is 7.47. The second-order valence-electron chi connectivity index (χ2n) is 6.32. The fourth-order valence-electron chi connectivity index (χ4n) is 3.95. The van der Waals surface area contributed by atoms with Crippen LogP contribution in [0, 0.1) is 42.0 Å². The molecule has 23 heavy (non-hydrogen) atoms. The zero-order valence-corrected chi connectivity index (χ0v) is 12.4. The first-order valence-corrected chi connectivity index (χ1v) is 7.47. The zero-order chi connectivity index (χ0) is 16.9. The molecule has 0 aromatic heterocycles. The number of fused-ring (bicyclic) bond motifs is 2. The molecule has 2 amide bonds. The molecule has 3 nitrogen and oxygen atoms in total. The molecule has 3 atom stereocenters. The Morgan fingerprint density at radius 3 is 2.22 bits per heavy atom. The number of carbonyl (C=O) groups excluding carboxylic acids is 2. The van der Waals surface area contributed by atoms with Crippen LogP contribution < -0.4 is 0 Å². The zero-order valence-electron chi connectivity index (χ0n) is 12.4. The summed E-state index contributed by atoms with van der Waals surface area (Å²) in [6.45, 7) is 0.984. The number of rotatable bonds is 3. The Hall–Kier alpha value is -1.92. The van der Waals surface area contributed by atoms with E-state index in [9.17, 15) is 27.2 Å². The lowest BCUT2D eigenvalue weighted by molar-refractivity contribution is -0.118. The highest BCUT2D eigenvalue weighted by Crippen LogP contribution is 2.46. The van der Waals surface area contributed by atoms with Gasteiger partial charge in [0.25, 0.3) is 5.91 Å². The number of imide groups is 1. The van der Waals surface area contributed by atoms with E-state index >= 15 is 0 Å². The normalized spacial score (nSPS) is 25.7. The van der Waals surface area contributed by atoms with E-state index in [1.165, 1.54) is 0 Å². The number of benzene rings is 1. The third kappa shape index (κ3) is 2.33. The van der Waals surface area contributed by atoms with Gasteiger partial charge >= 0.3 is 0 Å². The van der Waals surface area contributed by atoms with Gasteiger partial charge in [-0.25, -0.2) is 17.6 Å². The van der Waals surface area contributed by atoms with Crippen molar-refractivity contribution < 1.29 is 27.2 Å². The van der Waals surface area contributed by atoms with E-state index in [1.807, 2.05) is 0 Å². The Bertz CT molecular complexity index is 662. The molecule has 2 aliphatic rings. The van der Waals surface area contributed by atoms with Crippen molar-refractivity contribution in [3.8, 4) is 0 Å². The highest BCUT2D eigenvalue weighted by molar-refractivity contribution is 6.01. The smallest absolute Gasteiger partial charge is 0.263 e. The maximum atomic E-state index is 14.0.